The lowest BCUT2D eigenvalue weighted by Gasteiger charge is -2.11. The highest BCUT2D eigenvalue weighted by molar-refractivity contribution is 9.10. The van der Waals surface area contributed by atoms with Crippen LogP contribution in [0.25, 0.3) is 5.69 Å². The molecule has 4 nitrogen and oxygen atoms in total. The molecule has 0 N–H and O–H groups in total. The third-order valence-corrected chi connectivity index (χ3v) is 3.38. The van der Waals surface area contributed by atoms with E-state index in [0.717, 1.165) is 22.5 Å². The minimum Gasteiger partial charge on any atom is -0.491 e. The van der Waals surface area contributed by atoms with Crippen LogP contribution >= 0.6 is 15.9 Å². The number of ether oxygens (including phenoxy) is 2. The monoisotopic (exact) mass is 352 g/mol. The highest BCUT2D eigenvalue weighted by Crippen LogP contribution is 2.22. The van der Waals surface area contributed by atoms with Crippen LogP contribution in [-0.2, 0) is 11.2 Å². The molecule has 2 aromatic rings. The molecular formula is C16H21BrN2O2. The Kier molecular flexibility index (Phi) is 5.82. The average molecular weight is 353 g/mol. The second-order valence-corrected chi connectivity index (χ2v) is 6.12. The Morgan fingerprint density at radius 2 is 2.05 bits per heavy atom. The van der Waals surface area contributed by atoms with Crippen molar-refractivity contribution in [3.05, 3.63) is 40.6 Å². The van der Waals surface area contributed by atoms with Crippen molar-refractivity contribution >= 4 is 15.9 Å². The Bertz CT molecular complexity index is 581. The Balaban J connectivity index is 2.23. The summed E-state index contributed by atoms with van der Waals surface area (Å²) in [5.41, 5.74) is 2.19. The van der Waals surface area contributed by atoms with Gasteiger partial charge in [-0.05, 0) is 46.5 Å². The molecule has 5 heteroatoms. The molecule has 1 aromatic heterocycles. The summed E-state index contributed by atoms with van der Waals surface area (Å²) in [6.45, 7) is 5.53. The Morgan fingerprint density at radius 1 is 1.24 bits per heavy atom. The van der Waals surface area contributed by atoms with E-state index in [2.05, 4.69) is 40.9 Å². The topological polar surface area (TPSA) is 36.3 Å². The van der Waals surface area contributed by atoms with Gasteiger partial charge >= 0.3 is 0 Å². The molecule has 0 radical (unpaired) electrons. The molecule has 2 rings (SSSR count). The standard InChI is InChI=1S/C16H21BrN2O2/c1-12(2)9-14-11-16(17)18-19(14)13-5-4-6-15(10-13)21-8-7-20-3/h4-6,10-12H,7-9H2,1-3H3. The largest absolute Gasteiger partial charge is 0.491 e. The molecule has 0 spiro atoms. The number of hydrogen-bond acceptors (Lipinski definition) is 3. The van der Waals surface area contributed by atoms with Crippen LogP contribution < -0.4 is 4.74 Å². The molecule has 0 bridgehead atoms. The van der Waals surface area contributed by atoms with Crippen molar-refractivity contribution in [2.75, 3.05) is 20.3 Å². The lowest BCUT2D eigenvalue weighted by atomic mass is 10.1. The van der Waals surface area contributed by atoms with Gasteiger partial charge in [-0.15, -0.1) is 0 Å². The number of benzene rings is 1. The summed E-state index contributed by atoms with van der Waals surface area (Å²) in [5, 5.41) is 4.52. The number of nitrogens with zero attached hydrogens (tertiary/aromatic N) is 2. The maximum absolute atomic E-state index is 5.66. The van der Waals surface area contributed by atoms with Crippen molar-refractivity contribution in [3.63, 3.8) is 0 Å². The normalized spacial score (nSPS) is 11.1. The van der Waals surface area contributed by atoms with E-state index in [9.17, 15) is 0 Å². The summed E-state index contributed by atoms with van der Waals surface area (Å²) in [7, 11) is 1.67. The number of hydrogen-bond donors (Lipinski definition) is 0. The Morgan fingerprint density at radius 3 is 2.76 bits per heavy atom. The fraction of sp³-hybridized carbons (Fsp3) is 0.438. The molecule has 0 atom stereocenters. The smallest absolute Gasteiger partial charge is 0.128 e. The summed E-state index contributed by atoms with van der Waals surface area (Å²) in [4.78, 5) is 0. The fourth-order valence-electron chi connectivity index (χ4n) is 2.12. The van der Waals surface area contributed by atoms with Crippen LogP contribution in [0.1, 0.15) is 19.5 Å². The zero-order valence-corrected chi connectivity index (χ0v) is 14.3. The maximum Gasteiger partial charge on any atom is 0.128 e. The third kappa shape index (κ3) is 4.58. The van der Waals surface area contributed by atoms with Gasteiger partial charge in [0, 0.05) is 18.9 Å². The predicted molar refractivity (Wildman–Crippen MR) is 87.2 cm³/mol. The summed E-state index contributed by atoms with van der Waals surface area (Å²) in [6, 6.07) is 10.0. The van der Waals surface area contributed by atoms with E-state index in [1.807, 2.05) is 28.9 Å². The van der Waals surface area contributed by atoms with Crippen LogP contribution in [0.15, 0.2) is 34.9 Å². The van der Waals surface area contributed by atoms with Crippen LogP contribution in [-0.4, -0.2) is 30.1 Å². The van der Waals surface area contributed by atoms with Crippen LogP contribution in [0.5, 0.6) is 5.75 Å². The number of aromatic nitrogens is 2. The van der Waals surface area contributed by atoms with Gasteiger partial charge in [0.25, 0.3) is 0 Å². The molecular weight excluding hydrogens is 332 g/mol. The maximum atomic E-state index is 5.66. The van der Waals surface area contributed by atoms with E-state index in [1.54, 1.807) is 7.11 Å². The first-order valence-electron chi connectivity index (χ1n) is 7.06. The van der Waals surface area contributed by atoms with Crippen molar-refractivity contribution in [3.8, 4) is 11.4 Å². The minimum absolute atomic E-state index is 0.543. The van der Waals surface area contributed by atoms with Crippen molar-refractivity contribution in [1.82, 2.24) is 9.78 Å². The summed E-state index contributed by atoms with van der Waals surface area (Å²) in [6.07, 6.45) is 0.980. The van der Waals surface area contributed by atoms with Crippen molar-refractivity contribution in [2.24, 2.45) is 5.92 Å². The van der Waals surface area contributed by atoms with Gasteiger partial charge in [0.2, 0.25) is 0 Å². The van der Waals surface area contributed by atoms with E-state index in [4.69, 9.17) is 9.47 Å². The van der Waals surface area contributed by atoms with Gasteiger partial charge in [0.15, 0.2) is 0 Å². The van der Waals surface area contributed by atoms with Gasteiger partial charge in [0.05, 0.1) is 12.3 Å². The molecule has 0 aliphatic heterocycles. The van der Waals surface area contributed by atoms with Crippen LogP contribution in [0.4, 0.5) is 0 Å². The van der Waals surface area contributed by atoms with E-state index in [-0.39, 0.29) is 0 Å². The Labute approximate surface area is 134 Å². The second kappa shape index (κ2) is 7.61. The second-order valence-electron chi connectivity index (χ2n) is 5.31. The summed E-state index contributed by atoms with van der Waals surface area (Å²) < 4.78 is 13.5. The Hall–Kier alpha value is -1.33. The molecule has 0 aliphatic carbocycles. The fourth-order valence-corrected chi connectivity index (χ4v) is 2.55. The van der Waals surface area contributed by atoms with Gasteiger partial charge in [0.1, 0.15) is 17.0 Å². The van der Waals surface area contributed by atoms with Gasteiger partial charge in [-0.1, -0.05) is 19.9 Å². The van der Waals surface area contributed by atoms with E-state index >= 15 is 0 Å². The first-order chi connectivity index (χ1) is 10.1. The highest BCUT2D eigenvalue weighted by Gasteiger charge is 2.10. The van der Waals surface area contributed by atoms with Crippen LogP contribution in [0, 0.1) is 5.92 Å². The quantitative estimate of drug-likeness (QED) is 0.710. The molecule has 1 heterocycles. The SMILES string of the molecule is COCCOc1cccc(-n2nc(Br)cc2CC(C)C)c1. The molecule has 0 aliphatic rings. The zero-order valence-electron chi connectivity index (χ0n) is 12.7. The zero-order chi connectivity index (χ0) is 15.2. The third-order valence-electron chi connectivity index (χ3n) is 2.99. The van der Waals surface area contributed by atoms with E-state index in [1.165, 1.54) is 5.69 Å². The highest BCUT2D eigenvalue weighted by atomic mass is 79.9. The molecule has 1 aromatic carbocycles. The van der Waals surface area contributed by atoms with Gasteiger partial charge in [-0.25, -0.2) is 4.68 Å². The van der Waals surface area contributed by atoms with Crippen molar-refractivity contribution in [2.45, 2.75) is 20.3 Å². The lowest BCUT2D eigenvalue weighted by molar-refractivity contribution is 0.146. The molecule has 114 valence electrons. The average Bonchev–Trinajstić information content (AvgIpc) is 2.79. The van der Waals surface area contributed by atoms with Crippen LogP contribution in [0.2, 0.25) is 0 Å². The number of rotatable bonds is 7. The lowest BCUT2D eigenvalue weighted by Crippen LogP contribution is -2.07. The van der Waals surface area contributed by atoms with E-state index < -0.39 is 0 Å². The van der Waals surface area contributed by atoms with Gasteiger partial charge < -0.3 is 9.47 Å². The molecule has 0 amide bonds. The number of methoxy groups -OCH3 is 1. The van der Waals surface area contributed by atoms with Crippen molar-refractivity contribution in [1.29, 1.82) is 0 Å². The number of halogens is 1. The van der Waals surface area contributed by atoms with Crippen molar-refractivity contribution < 1.29 is 9.47 Å². The van der Waals surface area contributed by atoms with Gasteiger partial charge in [-0.3, -0.25) is 0 Å². The molecule has 0 saturated carbocycles. The predicted octanol–water partition coefficient (Wildman–Crippen LogP) is 3.86. The first kappa shape index (κ1) is 16.0. The van der Waals surface area contributed by atoms with Crippen LogP contribution in [0.3, 0.4) is 0 Å². The first-order valence-corrected chi connectivity index (χ1v) is 7.86. The minimum atomic E-state index is 0.543. The van der Waals surface area contributed by atoms with E-state index in [0.29, 0.717) is 19.1 Å². The summed E-state index contributed by atoms with van der Waals surface area (Å²) in [5.74, 6) is 1.40. The molecule has 0 unspecified atom stereocenters. The molecule has 21 heavy (non-hydrogen) atoms. The summed E-state index contributed by atoms with van der Waals surface area (Å²) >= 11 is 3.46. The van der Waals surface area contributed by atoms with Gasteiger partial charge in [-0.2, -0.15) is 5.10 Å². The molecule has 0 fully saturated rings. The molecule has 0 saturated heterocycles.